The van der Waals surface area contributed by atoms with Gasteiger partial charge in [-0.3, -0.25) is 5.01 Å². The van der Waals surface area contributed by atoms with Crippen LogP contribution in [0.5, 0.6) is 0 Å². The van der Waals surface area contributed by atoms with Gasteiger partial charge in [-0.05, 0) is 18.1 Å². The number of hydrogen-bond donors (Lipinski definition) is 2. The van der Waals surface area contributed by atoms with Crippen LogP contribution in [0.1, 0.15) is 18.1 Å². The second kappa shape index (κ2) is 8.32. The molecule has 0 bridgehead atoms. The summed E-state index contributed by atoms with van der Waals surface area (Å²) in [7, 11) is 0. The van der Waals surface area contributed by atoms with Crippen molar-refractivity contribution in [2.45, 2.75) is 32.2 Å². The molecule has 0 spiro atoms. The number of benzene rings is 2. The number of hydrogen-bond acceptors (Lipinski definition) is 4. The van der Waals surface area contributed by atoms with Gasteiger partial charge in [0, 0.05) is 0 Å². The van der Waals surface area contributed by atoms with Gasteiger partial charge in [0.05, 0.1) is 25.4 Å². The van der Waals surface area contributed by atoms with Crippen LogP contribution in [0.25, 0.3) is 0 Å². The Hall–Kier alpha value is -2.17. The molecule has 0 aliphatic carbocycles. The standard InChI is InChI=1S/C18H22N2O2/c1-15(21)18(22)12-19-20(13-16-8-4-2-5-9-16)14-17-10-6-3-7-11-17/h2-12,15,18,21-22H,13-14H2,1H3/b19-12-/t15-,18-/m0/s1. The number of rotatable bonds is 7. The topological polar surface area (TPSA) is 56.1 Å². The van der Waals surface area contributed by atoms with E-state index in [1.54, 1.807) is 0 Å². The van der Waals surface area contributed by atoms with E-state index in [2.05, 4.69) is 5.10 Å². The number of aliphatic hydroxyl groups excluding tert-OH is 2. The van der Waals surface area contributed by atoms with Crippen LogP contribution in [-0.4, -0.2) is 33.6 Å². The van der Waals surface area contributed by atoms with Gasteiger partial charge < -0.3 is 10.2 Å². The first kappa shape index (κ1) is 16.2. The Kier molecular flexibility index (Phi) is 6.13. The van der Waals surface area contributed by atoms with Crippen molar-refractivity contribution in [1.82, 2.24) is 5.01 Å². The Morgan fingerprint density at radius 2 is 1.36 bits per heavy atom. The summed E-state index contributed by atoms with van der Waals surface area (Å²) in [6.07, 6.45) is -0.413. The zero-order chi connectivity index (χ0) is 15.8. The highest BCUT2D eigenvalue weighted by atomic mass is 16.3. The zero-order valence-electron chi connectivity index (χ0n) is 12.7. The fourth-order valence-electron chi connectivity index (χ4n) is 2.01. The van der Waals surface area contributed by atoms with E-state index in [9.17, 15) is 10.2 Å². The lowest BCUT2D eigenvalue weighted by Crippen LogP contribution is -2.26. The van der Waals surface area contributed by atoms with Crippen LogP contribution in [0.4, 0.5) is 0 Å². The van der Waals surface area contributed by atoms with Crippen LogP contribution >= 0.6 is 0 Å². The summed E-state index contributed by atoms with van der Waals surface area (Å²) >= 11 is 0. The number of aliphatic hydroxyl groups is 2. The molecule has 0 aliphatic rings. The van der Waals surface area contributed by atoms with Crippen molar-refractivity contribution in [3.05, 3.63) is 71.8 Å². The predicted molar refractivity (Wildman–Crippen MR) is 88.3 cm³/mol. The molecule has 2 rings (SSSR count). The van der Waals surface area contributed by atoms with E-state index in [0.29, 0.717) is 13.1 Å². The van der Waals surface area contributed by atoms with Gasteiger partial charge in [-0.25, -0.2) is 0 Å². The average molecular weight is 298 g/mol. The monoisotopic (exact) mass is 298 g/mol. The minimum atomic E-state index is -0.964. The molecule has 0 heterocycles. The van der Waals surface area contributed by atoms with Crippen LogP contribution in [0.3, 0.4) is 0 Å². The van der Waals surface area contributed by atoms with E-state index in [1.165, 1.54) is 13.1 Å². The van der Waals surface area contributed by atoms with E-state index in [0.717, 1.165) is 11.1 Å². The third kappa shape index (κ3) is 5.31. The van der Waals surface area contributed by atoms with Gasteiger partial charge in [-0.1, -0.05) is 60.7 Å². The highest BCUT2D eigenvalue weighted by molar-refractivity contribution is 5.63. The molecule has 4 nitrogen and oxygen atoms in total. The van der Waals surface area contributed by atoms with E-state index >= 15 is 0 Å². The summed E-state index contributed by atoms with van der Waals surface area (Å²) in [4.78, 5) is 0. The second-order valence-electron chi connectivity index (χ2n) is 5.29. The lowest BCUT2D eigenvalue weighted by molar-refractivity contribution is 0.0750. The minimum Gasteiger partial charge on any atom is -0.390 e. The molecule has 116 valence electrons. The molecule has 0 aromatic heterocycles. The predicted octanol–water partition coefficient (Wildman–Crippen LogP) is 2.42. The van der Waals surface area contributed by atoms with Gasteiger partial charge in [-0.15, -0.1) is 0 Å². The van der Waals surface area contributed by atoms with Crippen LogP contribution in [0, 0.1) is 0 Å². The number of hydrazone groups is 1. The molecule has 0 fully saturated rings. The van der Waals surface area contributed by atoms with Crippen LogP contribution < -0.4 is 0 Å². The molecule has 2 aromatic rings. The molecule has 0 aliphatic heterocycles. The lowest BCUT2D eigenvalue weighted by atomic mass is 10.2. The van der Waals surface area contributed by atoms with E-state index in [4.69, 9.17) is 0 Å². The van der Waals surface area contributed by atoms with E-state index in [-0.39, 0.29) is 0 Å². The first-order chi connectivity index (χ1) is 10.6. The molecule has 0 amide bonds. The highest BCUT2D eigenvalue weighted by Crippen LogP contribution is 2.10. The van der Waals surface area contributed by atoms with Gasteiger partial charge in [0.2, 0.25) is 0 Å². The lowest BCUT2D eigenvalue weighted by Gasteiger charge is -2.20. The van der Waals surface area contributed by atoms with Gasteiger partial charge >= 0.3 is 0 Å². The summed E-state index contributed by atoms with van der Waals surface area (Å²) in [6.45, 7) is 2.81. The summed E-state index contributed by atoms with van der Waals surface area (Å²) in [5.41, 5.74) is 2.28. The van der Waals surface area contributed by atoms with E-state index < -0.39 is 12.2 Å². The molecular weight excluding hydrogens is 276 g/mol. The third-order valence-corrected chi connectivity index (χ3v) is 3.29. The Bertz CT molecular complexity index is 529. The molecular formula is C18H22N2O2. The molecule has 2 N–H and O–H groups in total. The first-order valence-corrected chi connectivity index (χ1v) is 7.38. The molecule has 0 saturated heterocycles. The Labute approximate surface area is 131 Å². The van der Waals surface area contributed by atoms with Crippen LogP contribution in [-0.2, 0) is 13.1 Å². The maximum absolute atomic E-state index is 9.68. The maximum atomic E-state index is 9.68. The molecule has 0 unspecified atom stereocenters. The average Bonchev–Trinajstić information content (AvgIpc) is 2.54. The molecule has 2 aromatic carbocycles. The second-order valence-corrected chi connectivity index (χ2v) is 5.29. The molecule has 0 saturated carbocycles. The van der Waals surface area contributed by atoms with Crippen molar-refractivity contribution in [2.75, 3.05) is 0 Å². The highest BCUT2D eigenvalue weighted by Gasteiger charge is 2.09. The summed E-state index contributed by atoms with van der Waals surface area (Å²) < 4.78 is 0. The fraction of sp³-hybridized carbons (Fsp3) is 0.278. The Morgan fingerprint density at radius 3 is 1.77 bits per heavy atom. The SMILES string of the molecule is C[C@H](O)[C@@H](O)/C=N\N(Cc1ccccc1)Cc1ccccc1. The first-order valence-electron chi connectivity index (χ1n) is 7.38. The fourth-order valence-corrected chi connectivity index (χ4v) is 2.01. The molecule has 2 atom stereocenters. The minimum absolute atomic E-state index is 0.638. The smallest absolute Gasteiger partial charge is 0.116 e. The summed E-state index contributed by atoms with van der Waals surface area (Å²) in [6, 6.07) is 20.1. The maximum Gasteiger partial charge on any atom is 0.116 e. The number of nitrogens with zero attached hydrogens (tertiary/aromatic N) is 2. The van der Waals surface area contributed by atoms with Crippen LogP contribution in [0.15, 0.2) is 65.8 Å². The Balaban J connectivity index is 2.09. The normalized spacial score (nSPS) is 14.0. The Morgan fingerprint density at radius 1 is 0.909 bits per heavy atom. The van der Waals surface area contributed by atoms with Crippen molar-refractivity contribution in [3.8, 4) is 0 Å². The quantitative estimate of drug-likeness (QED) is 0.610. The van der Waals surface area contributed by atoms with Crippen molar-refractivity contribution in [2.24, 2.45) is 5.10 Å². The summed E-state index contributed by atoms with van der Waals surface area (Å²) in [5.74, 6) is 0. The molecule has 4 heteroatoms. The van der Waals surface area contributed by atoms with E-state index in [1.807, 2.05) is 65.7 Å². The van der Waals surface area contributed by atoms with Gasteiger partial charge in [0.25, 0.3) is 0 Å². The zero-order valence-corrected chi connectivity index (χ0v) is 12.7. The van der Waals surface area contributed by atoms with Crippen molar-refractivity contribution < 1.29 is 10.2 Å². The summed E-state index contributed by atoms with van der Waals surface area (Å²) in [5, 5.41) is 25.2. The van der Waals surface area contributed by atoms with Crippen molar-refractivity contribution in [1.29, 1.82) is 0 Å². The van der Waals surface area contributed by atoms with Crippen molar-refractivity contribution >= 4 is 6.21 Å². The van der Waals surface area contributed by atoms with Crippen molar-refractivity contribution in [3.63, 3.8) is 0 Å². The molecule has 0 radical (unpaired) electrons. The molecule has 22 heavy (non-hydrogen) atoms. The third-order valence-electron chi connectivity index (χ3n) is 3.29. The van der Waals surface area contributed by atoms with Gasteiger partial charge in [0.1, 0.15) is 6.10 Å². The van der Waals surface area contributed by atoms with Gasteiger partial charge in [0.15, 0.2) is 0 Å². The van der Waals surface area contributed by atoms with Crippen LogP contribution in [0.2, 0.25) is 0 Å². The largest absolute Gasteiger partial charge is 0.390 e. The van der Waals surface area contributed by atoms with Gasteiger partial charge in [-0.2, -0.15) is 5.10 Å².